The zero-order chi connectivity index (χ0) is 40.6. The fraction of sp³-hybridized carbons (Fsp3) is 0.105. The Morgan fingerprint density at radius 3 is 1.24 bits per heavy atom. The summed E-state index contributed by atoms with van der Waals surface area (Å²) < 4.78 is 17.3. The van der Waals surface area contributed by atoms with Crippen molar-refractivity contribution >= 4 is 66.2 Å². The minimum atomic E-state index is 0. The van der Waals surface area contributed by atoms with Gasteiger partial charge in [-0.1, -0.05) is 124 Å². The summed E-state index contributed by atoms with van der Waals surface area (Å²) >= 11 is 0. The van der Waals surface area contributed by atoms with Crippen molar-refractivity contribution < 1.29 is 13.3 Å². The van der Waals surface area contributed by atoms with E-state index in [2.05, 4.69) is 151 Å². The summed E-state index contributed by atoms with van der Waals surface area (Å²) in [5.74, 6) is 0. The van der Waals surface area contributed by atoms with Crippen LogP contribution in [-0.4, -0.2) is 15.0 Å². The molecule has 0 radical (unpaired) electrons. The Balaban J connectivity index is 0.000000138. The number of furan rings is 3. The van der Waals surface area contributed by atoms with Gasteiger partial charge < -0.3 is 13.3 Å². The van der Waals surface area contributed by atoms with Gasteiger partial charge in [0.1, 0.15) is 16.7 Å². The predicted octanol–water partition coefficient (Wildman–Crippen LogP) is 16.8. The molecule has 0 amide bonds. The van der Waals surface area contributed by atoms with Crippen LogP contribution in [0, 0.1) is 20.8 Å². The summed E-state index contributed by atoms with van der Waals surface area (Å²) in [6, 6.07) is 56.4. The van der Waals surface area contributed by atoms with Gasteiger partial charge in [-0.3, -0.25) is 0 Å². The van der Waals surface area contributed by atoms with Gasteiger partial charge in [0.15, 0.2) is 0 Å². The summed E-state index contributed by atoms with van der Waals surface area (Å²) in [5, 5.41) is 6.55. The average molecular weight is 826 g/mol. The highest BCUT2D eigenvalue weighted by Gasteiger charge is 2.12. The number of aromatic nitrogens is 3. The lowest BCUT2D eigenvalue weighted by Crippen LogP contribution is -1.82. The molecular weight excluding hydrogens is 775 g/mol. The standard InChI is InChI=1S/3C18H13NO.3CH4/c1-12-4-2-5-13(10-12)14-7-8-17-16(11-14)15-6-3-9-19-18(15)20-17;1-12-4-6-13(7-5-12)14-8-9-17-16(11-14)15-3-2-10-19-18(15)20-17;1-12-5-2-3-6-14(12)13-8-9-17-16(11-13)15-7-4-10-19-18(15)20-17;;;/h3*2-11H,1H3;3*1H4. The van der Waals surface area contributed by atoms with Crippen LogP contribution >= 0.6 is 0 Å². The Hall–Kier alpha value is -7.83. The molecular formula is C57H51N3O3. The van der Waals surface area contributed by atoms with Gasteiger partial charge in [-0.25, -0.2) is 15.0 Å². The van der Waals surface area contributed by atoms with E-state index in [1.807, 2.05) is 48.5 Å². The summed E-state index contributed by atoms with van der Waals surface area (Å²) in [6.45, 7) is 6.34. The normalized spacial score (nSPS) is 10.7. The van der Waals surface area contributed by atoms with Crippen molar-refractivity contribution in [3.63, 3.8) is 0 Å². The third-order valence-electron chi connectivity index (χ3n) is 10.9. The Morgan fingerprint density at radius 2 is 0.746 bits per heavy atom. The van der Waals surface area contributed by atoms with Gasteiger partial charge in [0.2, 0.25) is 17.1 Å². The van der Waals surface area contributed by atoms with Gasteiger partial charge in [0.25, 0.3) is 0 Å². The molecule has 0 saturated carbocycles. The molecule has 0 bridgehead atoms. The molecule has 0 unspecified atom stereocenters. The third-order valence-corrected chi connectivity index (χ3v) is 10.9. The Morgan fingerprint density at radius 1 is 0.317 bits per heavy atom. The van der Waals surface area contributed by atoms with Crippen LogP contribution in [-0.2, 0) is 0 Å². The van der Waals surface area contributed by atoms with Crippen LogP contribution in [0.5, 0.6) is 0 Å². The second-order valence-corrected chi connectivity index (χ2v) is 15.1. The van der Waals surface area contributed by atoms with E-state index in [0.717, 1.165) is 49.1 Å². The molecule has 0 saturated heterocycles. The van der Waals surface area contributed by atoms with Crippen LogP contribution in [0.25, 0.3) is 99.6 Å². The molecule has 6 aromatic carbocycles. The number of fused-ring (bicyclic) bond motifs is 9. The highest BCUT2D eigenvalue weighted by atomic mass is 16.3. The lowest BCUT2D eigenvalue weighted by Gasteiger charge is -2.05. The van der Waals surface area contributed by atoms with Crippen molar-refractivity contribution in [1.82, 2.24) is 15.0 Å². The van der Waals surface area contributed by atoms with Gasteiger partial charge in [0, 0.05) is 50.9 Å². The maximum absolute atomic E-state index is 5.76. The van der Waals surface area contributed by atoms with Crippen LogP contribution in [0.3, 0.4) is 0 Å². The minimum absolute atomic E-state index is 0. The molecule has 0 aliphatic carbocycles. The van der Waals surface area contributed by atoms with E-state index in [9.17, 15) is 0 Å². The molecule has 312 valence electrons. The molecule has 0 aliphatic rings. The van der Waals surface area contributed by atoms with E-state index in [0.29, 0.717) is 17.1 Å². The number of pyridine rings is 3. The summed E-state index contributed by atoms with van der Waals surface area (Å²) in [6.07, 6.45) is 5.27. The number of benzene rings is 6. The zero-order valence-electron chi connectivity index (χ0n) is 33.4. The molecule has 6 aromatic heterocycles. The van der Waals surface area contributed by atoms with Crippen molar-refractivity contribution in [3.8, 4) is 33.4 Å². The first-order valence-corrected chi connectivity index (χ1v) is 20.0. The second kappa shape index (κ2) is 18.4. The number of hydrogen-bond donors (Lipinski definition) is 0. The maximum atomic E-state index is 5.76. The van der Waals surface area contributed by atoms with E-state index < -0.39 is 0 Å². The first-order valence-electron chi connectivity index (χ1n) is 20.0. The zero-order valence-corrected chi connectivity index (χ0v) is 33.4. The van der Waals surface area contributed by atoms with Gasteiger partial charge in [-0.2, -0.15) is 0 Å². The molecule has 6 heteroatoms. The smallest absolute Gasteiger partial charge is 0.227 e. The molecule has 6 heterocycles. The minimum Gasteiger partial charge on any atom is -0.438 e. The molecule has 12 rings (SSSR count). The number of rotatable bonds is 3. The van der Waals surface area contributed by atoms with E-state index in [4.69, 9.17) is 13.3 Å². The predicted molar refractivity (Wildman–Crippen MR) is 265 cm³/mol. The molecule has 0 atom stereocenters. The first kappa shape index (κ1) is 43.3. The lowest BCUT2D eigenvalue weighted by atomic mass is 9.99. The summed E-state index contributed by atoms with van der Waals surface area (Å²) in [4.78, 5) is 12.8. The van der Waals surface area contributed by atoms with Gasteiger partial charge in [-0.15, -0.1) is 0 Å². The average Bonchev–Trinajstić information content (AvgIpc) is 3.98. The van der Waals surface area contributed by atoms with Gasteiger partial charge in [-0.05, 0) is 133 Å². The third kappa shape index (κ3) is 8.57. The number of hydrogen-bond acceptors (Lipinski definition) is 6. The molecule has 0 fully saturated rings. The fourth-order valence-corrected chi connectivity index (χ4v) is 7.83. The topological polar surface area (TPSA) is 78.1 Å². The maximum Gasteiger partial charge on any atom is 0.227 e. The fourth-order valence-electron chi connectivity index (χ4n) is 7.83. The van der Waals surface area contributed by atoms with Gasteiger partial charge >= 0.3 is 0 Å². The first-order chi connectivity index (χ1) is 29.4. The highest BCUT2D eigenvalue weighted by molar-refractivity contribution is 6.07. The number of aryl methyl sites for hydroxylation is 3. The molecule has 63 heavy (non-hydrogen) atoms. The summed E-state index contributed by atoms with van der Waals surface area (Å²) in [7, 11) is 0. The SMILES string of the molecule is C.C.C.Cc1ccc(-c2ccc3oc4ncccc4c3c2)cc1.Cc1cccc(-c2ccc3oc4ncccc4c3c2)c1.Cc1ccccc1-c1ccc2oc3ncccc3c2c1. The number of nitrogens with zero attached hydrogens (tertiary/aromatic N) is 3. The van der Waals surface area contributed by atoms with Crippen molar-refractivity contribution in [1.29, 1.82) is 0 Å². The molecule has 12 aromatic rings. The Kier molecular flexibility index (Phi) is 12.7. The monoisotopic (exact) mass is 825 g/mol. The molecule has 0 N–H and O–H groups in total. The molecule has 0 aliphatic heterocycles. The van der Waals surface area contributed by atoms with Crippen LogP contribution in [0.2, 0.25) is 0 Å². The van der Waals surface area contributed by atoms with E-state index in [1.54, 1.807) is 18.6 Å². The van der Waals surface area contributed by atoms with E-state index in [-0.39, 0.29) is 22.3 Å². The summed E-state index contributed by atoms with van der Waals surface area (Å²) in [5.41, 5.74) is 15.9. The van der Waals surface area contributed by atoms with E-state index in [1.165, 1.54) is 50.1 Å². The largest absolute Gasteiger partial charge is 0.438 e. The van der Waals surface area contributed by atoms with Gasteiger partial charge in [0.05, 0.1) is 0 Å². The second-order valence-electron chi connectivity index (χ2n) is 15.1. The molecule has 0 spiro atoms. The highest BCUT2D eigenvalue weighted by Crippen LogP contribution is 2.34. The van der Waals surface area contributed by atoms with Crippen molar-refractivity contribution in [3.05, 3.63) is 199 Å². The van der Waals surface area contributed by atoms with Crippen LogP contribution in [0.4, 0.5) is 0 Å². The van der Waals surface area contributed by atoms with Crippen molar-refractivity contribution in [2.75, 3.05) is 0 Å². The van der Waals surface area contributed by atoms with Crippen molar-refractivity contribution in [2.45, 2.75) is 43.1 Å². The van der Waals surface area contributed by atoms with Crippen LogP contribution < -0.4 is 0 Å². The van der Waals surface area contributed by atoms with Crippen molar-refractivity contribution in [2.24, 2.45) is 0 Å². The molecule has 6 nitrogen and oxygen atoms in total. The van der Waals surface area contributed by atoms with Crippen LogP contribution in [0.1, 0.15) is 39.0 Å². The lowest BCUT2D eigenvalue weighted by molar-refractivity contribution is 0.653. The quantitative estimate of drug-likeness (QED) is 0.177. The van der Waals surface area contributed by atoms with Crippen LogP contribution in [0.15, 0.2) is 196 Å². The Labute approximate surface area is 368 Å². The van der Waals surface area contributed by atoms with E-state index >= 15 is 0 Å². The Bertz CT molecular complexity index is 3480.